The largest absolute Gasteiger partial charge is 0.493 e. The minimum absolute atomic E-state index is 0. The second-order valence-electron chi connectivity index (χ2n) is 9.22. The Kier molecular flexibility index (Phi) is 6.44. The lowest BCUT2D eigenvalue weighted by molar-refractivity contribution is 0.145. The zero-order valence-corrected chi connectivity index (χ0v) is 19.7. The minimum atomic E-state index is -0.00298. The van der Waals surface area contributed by atoms with Crippen molar-refractivity contribution in [3.63, 3.8) is 0 Å². The summed E-state index contributed by atoms with van der Waals surface area (Å²) in [7, 11) is 1.69. The number of aromatic nitrogens is 1. The number of para-hydroxylation sites is 1. The zero-order chi connectivity index (χ0) is 23.9. The van der Waals surface area contributed by atoms with Gasteiger partial charge in [-0.1, -0.05) is 49.9 Å². The molecular formula is C30H31N3O3. The number of nitrogens with zero attached hydrogens (tertiary/aromatic N) is 3. The average molecular weight is 482 g/mol. The number of hydrogen-bond donors (Lipinski definition) is 1. The highest BCUT2D eigenvalue weighted by atomic mass is 16.5. The molecule has 2 aliphatic heterocycles. The molecule has 1 unspecified atom stereocenters. The summed E-state index contributed by atoms with van der Waals surface area (Å²) in [5.41, 5.74) is 7.90. The van der Waals surface area contributed by atoms with Crippen molar-refractivity contribution >= 4 is 16.6 Å². The van der Waals surface area contributed by atoms with Gasteiger partial charge >= 0.3 is 0 Å². The third-order valence-electron chi connectivity index (χ3n) is 7.44. The number of rotatable bonds is 5. The number of ether oxygens (including phenoxy) is 2. The Labute approximate surface area is 212 Å². The number of fused-ring (bicyclic) bond motifs is 6. The molecule has 1 atom stereocenters. The SMILES string of the molecule is C.[C-]#[N+]c1ccc(COc2cc3c(cc2OC)CCN2Cc4c(c5ccccc5n4CO)CC32)cc1. The van der Waals surface area contributed by atoms with Crippen LogP contribution in [-0.2, 0) is 32.7 Å². The average Bonchev–Trinajstić information content (AvgIpc) is 3.23. The molecule has 184 valence electrons. The fraction of sp³-hybridized carbons (Fsp3) is 0.300. The van der Waals surface area contributed by atoms with Gasteiger partial charge < -0.3 is 19.1 Å². The third-order valence-corrected chi connectivity index (χ3v) is 7.44. The lowest BCUT2D eigenvalue weighted by atomic mass is 9.85. The zero-order valence-electron chi connectivity index (χ0n) is 19.7. The highest BCUT2D eigenvalue weighted by molar-refractivity contribution is 5.86. The summed E-state index contributed by atoms with van der Waals surface area (Å²) < 4.78 is 14.0. The van der Waals surface area contributed by atoms with Gasteiger partial charge in [0.05, 0.1) is 19.2 Å². The summed E-state index contributed by atoms with van der Waals surface area (Å²) in [6.45, 7) is 9.33. The summed E-state index contributed by atoms with van der Waals surface area (Å²) in [5.74, 6) is 1.49. The van der Waals surface area contributed by atoms with E-state index in [1.165, 1.54) is 27.8 Å². The van der Waals surface area contributed by atoms with E-state index in [9.17, 15) is 5.11 Å². The first kappa shape index (κ1) is 23.9. The van der Waals surface area contributed by atoms with Crippen molar-refractivity contribution in [3.8, 4) is 11.5 Å². The van der Waals surface area contributed by atoms with Gasteiger partial charge in [-0.2, -0.15) is 0 Å². The Balaban J connectivity index is 0.00000267. The summed E-state index contributed by atoms with van der Waals surface area (Å²) in [5, 5.41) is 11.3. The van der Waals surface area contributed by atoms with E-state index < -0.39 is 0 Å². The van der Waals surface area contributed by atoms with Crippen LogP contribution in [0.15, 0.2) is 60.7 Å². The van der Waals surface area contributed by atoms with E-state index >= 15 is 0 Å². The highest BCUT2D eigenvalue weighted by Gasteiger charge is 2.35. The third kappa shape index (κ3) is 3.91. The molecule has 2 aliphatic rings. The highest BCUT2D eigenvalue weighted by Crippen LogP contribution is 2.44. The van der Waals surface area contributed by atoms with Crippen LogP contribution >= 0.6 is 0 Å². The maximum absolute atomic E-state index is 10.1. The lowest BCUT2D eigenvalue weighted by Crippen LogP contribution is -2.39. The van der Waals surface area contributed by atoms with Crippen molar-refractivity contribution in [2.45, 2.75) is 46.2 Å². The van der Waals surface area contributed by atoms with Crippen LogP contribution < -0.4 is 9.47 Å². The van der Waals surface area contributed by atoms with Gasteiger partial charge in [-0.15, -0.1) is 0 Å². The quantitative estimate of drug-likeness (QED) is 0.354. The number of hydrogen-bond acceptors (Lipinski definition) is 4. The van der Waals surface area contributed by atoms with E-state index in [1.807, 2.05) is 30.3 Å². The van der Waals surface area contributed by atoms with E-state index in [4.69, 9.17) is 16.0 Å². The van der Waals surface area contributed by atoms with Gasteiger partial charge in [-0.3, -0.25) is 4.90 Å². The first-order chi connectivity index (χ1) is 17.2. The number of aliphatic hydroxyl groups excluding tert-OH is 1. The van der Waals surface area contributed by atoms with Crippen molar-refractivity contribution in [2.75, 3.05) is 13.7 Å². The summed E-state index contributed by atoms with van der Waals surface area (Å²) in [6, 6.07) is 20.4. The summed E-state index contributed by atoms with van der Waals surface area (Å²) >= 11 is 0. The van der Waals surface area contributed by atoms with Gasteiger partial charge in [0.15, 0.2) is 17.2 Å². The second kappa shape index (κ2) is 9.69. The van der Waals surface area contributed by atoms with Gasteiger partial charge in [0.1, 0.15) is 13.3 Å². The van der Waals surface area contributed by atoms with Crippen LogP contribution in [0.4, 0.5) is 5.69 Å². The molecule has 0 aliphatic carbocycles. The van der Waals surface area contributed by atoms with Crippen LogP contribution in [-0.4, -0.2) is 28.2 Å². The summed E-state index contributed by atoms with van der Waals surface area (Å²) in [6.07, 6.45) is 1.86. The van der Waals surface area contributed by atoms with Gasteiger partial charge in [0, 0.05) is 30.2 Å². The second-order valence-corrected chi connectivity index (χ2v) is 9.22. The van der Waals surface area contributed by atoms with Crippen molar-refractivity contribution in [1.29, 1.82) is 0 Å². The number of aliphatic hydroxyl groups is 1. The van der Waals surface area contributed by atoms with Crippen LogP contribution in [0.5, 0.6) is 11.5 Å². The predicted octanol–water partition coefficient (Wildman–Crippen LogP) is 6.02. The Hall–Kier alpha value is -3.79. The molecule has 6 heteroatoms. The van der Waals surface area contributed by atoms with Crippen LogP contribution in [0.3, 0.4) is 0 Å². The number of methoxy groups -OCH3 is 1. The van der Waals surface area contributed by atoms with Gasteiger partial charge in [-0.25, -0.2) is 4.85 Å². The van der Waals surface area contributed by atoms with E-state index in [-0.39, 0.29) is 20.2 Å². The normalized spacial score (nSPS) is 16.3. The molecule has 0 amide bonds. The standard InChI is InChI=1S/C29H27N3O3.CH4/c1-30-21-9-7-19(8-10-21)17-35-29-15-23-20(13-28(29)34-2)11-12-31-16-27-24(14-26(23)31)22-5-3-4-6-25(22)32(27)18-33;/h3-10,13,15,26,33H,11-12,14,16-18H2,2H3;1H4. The van der Waals surface area contributed by atoms with Crippen LogP contribution in [0, 0.1) is 6.57 Å². The van der Waals surface area contributed by atoms with Crippen LogP contribution in [0.25, 0.3) is 15.7 Å². The van der Waals surface area contributed by atoms with Gasteiger partial charge in [0.25, 0.3) is 0 Å². The molecule has 3 heterocycles. The van der Waals surface area contributed by atoms with E-state index in [1.54, 1.807) is 7.11 Å². The first-order valence-corrected chi connectivity index (χ1v) is 11.9. The van der Waals surface area contributed by atoms with Gasteiger partial charge in [0.2, 0.25) is 0 Å². The molecule has 0 saturated heterocycles. The molecule has 6 nitrogen and oxygen atoms in total. The molecule has 0 radical (unpaired) electrons. The Morgan fingerprint density at radius 2 is 1.89 bits per heavy atom. The first-order valence-electron chi connectivity index (χ1n) is 11.9. The maximum atomic E-state index is 10.1. The lowest BCUT2D eigenvalue weighted by Gasteiger charge is -2.41. The molecule has 3 aromatic carbocycles. The Morgan fingerprint density at radius 1 is 1.08 bits per heavy atom. The molecule has 4 aromatic rings. The Morgan fingerprint density at radius 3 is 2.64 bits per heavy atom. The van der Waals surface area contributed by atoms with E-state index in [0.717, 1.165) is 48.5 Å². The molecule has 0 spiro atoms. The molecular weight excluding hydrogens is 450 g/mol. The van der Waals surface area contributed by atoms with Crippen LogP contribution in [0.2, 0.25) is 0 Å². The molecule has 0 bridgehead atoms. The monoisotopic (exact) mass is 481 g/mol. The topological polar surface area (TPSA) is 51.2 Å². The minimum Gasteiger partial charge on any atom is -0.493 e. The van der Waals surface area contributed by atoms with Crippen molar-refractivity contribution in [2.24, 2.45) is 0 Å². The molecule has 1 aromatic heterocycles. The smallest absolute Gasteiger partial charge is 0.187 e. The molecule has 1 N–H and O–H groups in total. The molecule has 36 heavy (non-hydrogen) atoms. The summed E-state index contributed by atoms with van der Waals surface area (Å²) in [4.78, 5) is 5.98. The fourth-order valence-electron chi connectivity index (χ4n) is 5.67. The maximum Gasteiger partial charge on any atom is 0.187 e. The van der Waals surface area contributed by atoms with E-state index in [0.29, 0.717) is 12.3 Å². The van der Waals surface area contributed by atoms with Crippen molar-refractivity contribution in [1.82, 2.24) is 9.47 Å². The fourth-order valence-corrected chi connectivity index (χ4v) is 5.67. The van der Waals surface area contributed by atoms with Gasteiger partial charge in [-0.05, 0) is 53.3 Å². The predicted molar refractivity (Wildman–Crippen MR) is 141 cm³/mol. The number of benzene rings is 3. The molecule has 0 fully saturated rings. The Bertz CT molecular complexity index is 1450. The van der Waals surface area contributed by atoms with Crippen molar-refractivity contribution < 1.29 is 14.6 Å². The van der Waals surface area contributed by atoms with Crippen LogP contribution in [0.1, 0.15) is 41.4 Å². The molecule has 0 saturated carbocycles. The van der Waals surface area contributed by atoms with Crippen molar-refractivity contribution in [3.05, 3.63) is 100 Å². The molecule has 6 rings (SSSR count). The van der Waals surface area contributed by atoms with E-state index in [2.05, 4.69) is 44.6 Å².